The Morgan fingerprint density at radius 1 is 1.12 bits per heavy atom. The number of ether oxygens (including phenoxy) is 1. The molecule has 1 saturated carbocycles. The van der Waals surface area contributed by atoms with Gasteiger partial charge in [-0.05, 0) is 79.5 Å². The van der Waals surface area contributed by atoms with E-state index in [1.807, 2.05) is 6.07 Å². The van der Waals surface area contributed by atoms with E-state index in [-0.39, 0.29) is 5.56 Å². The van der Waals surface area contributed by atoms with Gasteiger partial charge in [0.15, 0.2) is 0 Å². The van der Waals surface area contributed by atoms with E-state index in [0.29, 0.717) is 16.7 Å². The molecular formula is C21H22ClFO2. The predicted molar refractivity (Wildman–Crippen MR) is 97.8 cm³/mol. The molecule has 2 aromatic carbocycles. The smallest absolute Gasteiger partial charge is 0.346 e. The Kier molecular flexibility index (Phi) is 5.74. The van der Waals surface area contributed by atoms with Crippen molar-refractivity contribution in [3.05, 3.63) is 64.4 Å². The number of esters is 1. The number of halogens is 2. The molecule has 0 saturated heterocycles. The molecule has 2 aromatic rings. The van der Waals surface area contributed by atoms with Gasteiger partial charge in [0.25, 0.3) is 0 Å². The number of carbonyl (C=O) groups excluding carboxylic acids is 1. The summed E-state index contributed by atoms with van der Waals surface area (Å²) < 4.78 is 19.7. The molecule has 0 spiro atoms. The number of rotatable bonds is 4. The molecule has 3 rings (SSSR count). The zero-order chi connectivity index (χ0) is 17.8. The van der Waals surface area contributed by atoms with Crippen LogP contribution in [0.3, 0.4) is 0 Å². The molecule has 4 heteroatoms. The SMILES string of the molecule is CC[C@H]1CC[C@H](c2ccc(C(=O)Oc3ccc(Cl)cc3)c(F)c2)CC1. The highest BCUT2D eigenvalue weighted by atomic mass is 35.5. The third-order valence-electron chi connectivity index (χ3n) is 5.13. The second kappa shape index (κ2) is 8.01. The highest BCUT2D eigenvalue weighted by molar-refractivity contribution is 6.30. The van der Waals surface area contributed by atoms with Crippen LogP contribution in [0.15, 0.2) is 42.5 Å². The molecule has 0 atom stereocenters. The van der Waals surface area contributed by atoms with E-state index < -0.39 is 11.8 Å². The van der Waals surface area contributed by atoms with Gasteiger partial charge in [0.2, 0.25) is 0 Å². The maximum Gasteiger partial charge on any atom is 0.346 e. The van der Waals surface area contributed by atoms with Crippen LogP contribution in [0, 0.1) is 11.7 Å². The molecular weight excluding hydrogens is 339 g/mol. The highest BCUT2D eigenvalue weighted by Gasteiger charge is 2.23. The maximum atomic E-state index is 14.4. The Bertz CT molecular complexity index is 734. The molecule has 0 radical (unpaired) electrons. The Morgan fingerprint density at radius 2 is 1.80 bits per heavy atom. The predicted octanol–water partition coefficient (Wildman–Crippen LogP) is 6.38. The van der Waals surface area contributed by atoms with Gasteiger partial charge >= 0.3 is 5.97 Å². The Labute approximate surface area is 153 Å². The molecule has 25 heavy (non-hydrogen) atoms. The first-order chi connectivity index (χ1) is 12.1. The molecule has 0 heterocycles. The Balaban J connectivity index is 1.69. The summed E-state index contributed by atoms with van der Waals surface area (Å²) >= 11 is 5.80. The highest BCUT2D eigenvalue weighted by Crippen LogP contribution is 2.37. The number of benzene rings is 2. The third-order valence-corrected chi connectivity index (χ3v) is 5.38. The Morgan fingerprint density at radius 3 is 2.40 bits per heavy atom. The van der Waals surface area contributed by atoms with Crippen LogP contribution in [0.5, 0.6) is 5.75 Å². The molecule has 0 aromatic heterocycles. The van der Waals surface area contributed by atoms with Crippen LogP contribution < -0.4 is 4.74 Å². The lowest BCUT2D eigenvalue weighted by Gasteiger charge is -2.28. The van der Waals surface area contributed by atoms with Crippen LogP contribution in [0.2, 0.25) is 5.02 Å². The Hall–Kier alpha value is -1.87. The first kappa shape index (κ1) is 17.9. The van der Waals surface area contributed by atoms with Crippen LogP contribution in [0.25, 0.3) is 0 Å². The summed E-state index contributed by atoms with van der Waals surface area (Å²) in [5, 5.41) is 0.549. The molecule has 0 amide bonds. The van der Waals surface area contributed by atoms with Gasteiger partial charge in [-0.25, -0.2) is 9.18 Å². The first-order valence-electron chi connectivity index (χ1n) is 8.84. The van der Waals surface area contributed by atoms with Crippen molar-refractivity contribution in [2.45, 2.75) is 44.9 Å². The zero-order valence-corrected chi connectivity index (χ0v) is 15.1. The van der Waals surface area contributed by atoms with Crippen molar-refractivity contribution in [1.82, 2.24) is 0 Å². The molecule has 1 aliphatic rings. The number of hydrogen-bond donors (Lipinski definition) is 0. The van der Waals surface area contributed by atoms with E-state index in [0.717, 1.165) is 24.3 Å². The lowest BCUT2D eigenvalue weighted by atomic mass is 9.78. The van der Waals surface area contributed by atoms with Crippen molar-refractivity contribution in [1.29, 1.82) is 0 Å². The number of hydrogen-bond acceptors (Lipinski definition) is 2. The summed E-state index contributed by atoms with van der Waals surface area (Å²) in [5.74, 6) is 0.319. The average Bonchev–Trinajstić information content (AvgIpc) is 2.63. The quantitative estimate of drug-likeness (QED) is 0.467. The fourth-order valence-electron chi connectivity index (χ4n) is 3.52. The topological polar surface area (TPSA) is 26.3 Å². The van der Waals surface area contributed by atoms with Gasteiger partial charge < -0.3 is 4.74 Å². The maximum absolute atomic E-state index is 14.4. The van der Waals surface area contributed by atoms with Crippen molar-refractivity contribution in [2.75, 3.05) is 0 Å². The third kappa shape index (κ3) is 4.40. The largest absolute Gasteiger partial charge is 0.423 e. The van der Waals surface area contributed by atoms with E-state index in [1.165, 1.54) is 31.4 Å². The van der Waals surface area contributed by atoms with Crippen LogP contribution in [0.1, 0.15) is 60.9 Å². The molecule has 0 unspecified atom stereocenters. The van der Waals surface area contributed by atoms with Gasteiger partial charge in [0.1, 0.15) is 11.6 Å². The fourth-order valence-corrected chi connectivity index (χ4v) is 3.65. The van der Waals surface area contributed by atoms with Crippen molar-refractivity contribution < 1.29 is 13.9 Å². The van der Waals surface area contributed by atoms with Gasteiger partial charge in [0.05, 0.1) is 5.56 Å². The second-order valence-electron chi connectivity index (χ2n) is 6.71. The lowest BCUT2D eigenvalue weighted by Crippen LogP contribution is -2.14. The van der Waals surface area contributed by atoms with Crippen molar-refractivity contribution in [3.63, 3.8) is 0 Å². The minimum atomic E-state index is -0.693. The monoisotopic (exact) mass is 360 g/mol. The normalized spacial score (nSPS) is 20.3. The summed E-state index contributed by atoms with van der Waals surface area (Å²) in [6, 6.07) is 11.3. The summed E-state index contributed by atoms with van der Waals surface area (Å²) in [5.41, 5.74) is 0.941. The van der Waals surface area contributed by atoms with Crippen LogP contribution in [-0.2, 0) is 0 Å². The summed E-state index contributed by atoms with van der Waals surface area (Å²) in [6.07, 6.45) is 5.79. The summed E-state index contributed by atoms with van der Waals surface area (Å²) in [6.45, 7) is 2.23. The van der Waals surface area contributed by atoms with E-state index in [9.17, 15) is 9.18 Å². The van der Waals surface area contributed by atoms with Crippen LogP contribution in [0.4, 0.5) is 4.39 Å². The van der Waals surface area contributed by atoms with Crippen LogP contribution in [-0.4, -0.2) is 5.97 Å². The molecule has 2 nitrogen and oxygen atoms in total. The molecule has 0 N–H and O–H groups in total. The van der Waals surface area contributed by atoms with Gasteiger partial charge in [-0.1, -0.05) is 31.0 Å². The molecule has 0 bridgehead atoms. The molecule has 1 fully saturated rings. The van der Waals surface area contributed by atoms with E-state index in [1.54, 1.807) is 24.3 Å². The van der Waals surface area contributed by atoms with E-state index >= 15 is 0 Å². The van der Waals surface area contributed by atoms with Gasteiger partial charge in [-0.2, -0.15) is 0 Å². The van der Waals surface area contributed by atoms with E-state index in [2.05, 4.69) is 6.92 Å². The minimum absolute atomic E-state index is 0.0408. The molecule has 132 valence electrons. The second-order valence-corrected chi connectivity index (χ2v) is 7.15. The standard InChI is InChI=1S/C21H22ClFO2/c1-2-14-3-5-15(6-4-14)16-7-12-19(20(23)13-16)21(24)25-18-10-8-17(22)9-11-18/h7-15H,2-6H2,1H3/t14-,15-. The van der Waals surface area contributed by atoms with E-state index in [4.69, 9.17) is 16.3 Å². The van der Waals surface area contributed by atoms with Gasteiger partial charge in [-0.3, -0.25) is 0 Å². The number of carbonyl (C=O) groups is 1. The average molecular weight is 361 g/mol. The molecule has 0 aliphatic heterocycles. The van der Waals surface area contributed by atoms with Crippen LogP contribution >= 0.6 is 11.6 Å². The van der Waals surface area contributed by atoms with Crippen molar-refractivity contribution >= 4 is 17.6 Å². The minimum Gasteiger partial charge on any atom is -0.423 e. The lowest BCUT2D eigenvalue weighted by molar-refractivity contribution is 0.0730. The van der Waals surface area contributed by atoms with Crippen molar-refractivity contribution in [3.8, 4) is 5.75 Å². The molecule has 1 aliphatic carbocycles. The zero-order valence-electron chi connectivity index (χ0n) is 14.3. The summed E-state index contributed by atoms with van der Waals surface area (Å²) in [7, 11) is 0. The van der Waals surface area contributed by atoms with Gasteiger partial charge in [0, 0.05) is 5.02 Å². The fraction of sp³-hybridized carbons (Fsp3) is 0.381. The first-order valence-corrected chi connectivity index (χ1v) is 9.21. The summed E-state index contributed by atoms with van der Waals surface area (Å²) in [4.78, 5) is 12.2. The van der Waals surface area contributed by atoms with Crippen molar-refractivity contribution in [2.24, 2.45) is 5.92 Å². The van der Waals surface area contributed by atoms with Gasteiger partial charge in [-0.15, -0.1) is 0 Å².